The average Bonchev–Trinajstić information content (AvgIpc) is 2.26. The van der Waals surface area contributed by atoms with Gasteiger partial charge in [-0.1, -0.05) is 41.0 Å². The van der Waals surface area contributed by atoms with E-state index in [-0.39, 0.29) is 29.3 Å². The van der Waals surface area contributed by atoms with E-state index >= 15 is 0 Å². The van der Waals surface area contributed by atoms with Crippen LogP contribution in [0.5, 0.6) is 0 Å². The van der Waals surface area contributed by atoms with Gasteiger partial charge in [0.2, 0.25) is 11.8 Å². The lowest BCUT2D eigenvalue weighted by Gasteiger charge is -2.47. The van der Waals surface area contributed by atoms with Crippen LogP contribution in [0.25, 0.3) is 0 Å². The van der Waals surface area contributed by atoms with Crippen LogP contribution in [-0.4, -0.2) is 35.3 Å². The fourth-order valence-electron chi connectivity index (χ4n) is 3.42. The third kappa shape index (κ3) is 3.58. The topological polar surface area (TPSA) is 49.4 Å². The van der Waals surface area contributed by atoms with Crippen molar-refractivity contribution in [2.45, 2.75) is 72.4 Å². The van der Waals surface area contributed by atoms with Gasteiger partial charge in [0.1, 0.15) is 12.1 Å². The molecule has 120 valence electrons. The van der Waals surface area contributed by atoms with Crippen LogP contribution in [0.1, 0.15) is 60.3 Å². The van der Waals surface area contributed by atoms with Gasteiger partial charge in [-0.25, -0.2) is 0 Å². The molecule has 2 rings (SSSR count). The van der Waals surface area contributed by atoms with Gasteiger partial charge in [-0.3, -0.25) is 9.59 Å². The SMILES string of the molecule is CC(C)CC1NC(=O)C(C(C)(C)C)N(CC2CCC2)C1=O. The molecular weight excluding hydrogens is 264 g/mol. The molecule has 4 heteroatoms. The van der Waals surface area contributed by atoms with Gasteiger partial charge in [-0.15, -0.1) is 0 Å². The van der Waals surface area contributed by atoms with Gasteiger partial charge < -0.3 is 10.2 Å². The number of carbonyl (C=O) groups excluding carboxylic acids is 2. The van der Waals surface area contributed by atoms with E-state index in [2.05, 4.69) is 19.2 Å². The zero-order valence-electron chi connectivity index (χ0n) is 14.1. The standard InChI is InChI=1S/C17H30N2O2/c1-11(2)9-13-16(21)19(10-12-7-6-8-12)14(15(20)18-13)17(3,4)5/h11-14H,6-10H2,1-5H3,(H,18,20). The molecule has 1 saturated heterocycles. The second-order valence-corrected chi connectivity index (χ2v) is 8.25. The van der Waals surface area contributed by atoms with E-state index in [1.165, 1.54) is 19.3 Å². The number of carbonyl (C=O) groups is 2. The molecule has 0 bridgehead atoms. The van der Waals surface area contributed by atoms with Gasteiger partial charge in [0.25, 0.3) is 0 Å². The van der Waals surface area contributed by atoms with E-state index in [0.717, 1.165) is 13.0 Å². The summed E-state index contributed by atoms with van der Waals surface area (Å²) in [5.41, 5.74) is -0.230. The van der Waals surface area contributed by atoms with Gasteiger partial charge in [0.05, 0.1) is 0 Å². The Kier molecular flexibility index (Phi) is 4.64. The van der Waals surface area contributed by atoms with E-state index in [4.69, 9.17) is 0 Å². The van der Waals surface area contributed by atoms with Gasteiger partial charge in [-0.2, -0.15) is 0 Å². The van der Waals surface area contributed by atoms with Crippen molar-refractivity contribution in [2.75, 3.05) is 6.54 Å². The van der Waals surface area contributed by atoms with Crippen molar-refractivity contribution in [1.29, 1.82) is 0 Å². The molecule has 21 heavy (non-hydrogen) atoms. The number of amides is 2. The normalized spacial score (nSPS) is 27.8. The maximum absolute atomic E-state index is 12.9. The van der Waals surface area contributed by atoms with Gasteiger partial charge in [-0.05, 0) is 36.5 Å². The lowest BCUT2D eigenvalue weighted by atomic mass is 9.79. The van der Waals surface area contributed by atoms with Crippen molar-refractivity contribution in [3.63, 3.8) is 0 Å². The summed E-state index contributed by atoms with van der Waals surface area (Å²) in [6.45, 7) is 11.1. The highest BCUT2D eigenvalue weighted by Gasteiger charge is 2.46. The Morgan fingerprint density at radius 3 is 2.29 bits per heavy atom. The van der Waals surface area contributed by atoms with Crippen LogP contribution in [-0.2, 0) is 9.59 Å². The number of piperazine rings is 1. The number of hydrogen-bond donors (Lipinski definition) is 1. The Bertz CT molecular complexity index is 408. The number of nitrogens with zero attached hydrogens (tertiary/aromatic N) is 1. The second kappa shape index (κ2) is 5.98. The molecule has 2 amide bonds. The summed E-state index contributed by atoms with van der Waals surface area (Å²) >= 11 is 0. The van der Waals surface area contributed by atoms with Crippen LogP contribution in [0.15, 0.2) is 0 Å². The zero-order valence-corrected chi connectivity index (χ0v) is 14.1. The van der Waals surface area contributed by atoms with Crippen LogP contribution in [0.4, 0.5) is 0 Å². The van der Waals surface area contributed by atoms with Crippen molar-refractivity contribution in [3.05, 3.63) is 0 Å². The predicted octanol–water partition coefficient (Wildman–Crippen LogP) is 2.57. The molecular formula is C17H30N2O2. The molecule has 2 atom stereocenters. The van der Waals surface area contributed by atoms with E-state index in [1.54, 1.807) is 0 Å². The summed E-state index contributed by atoms with van der Waals surface area (Å²) < 4.78 is 0. The first-order chi connectivity index (χ1) is 9.70. The molecule has 4 nitrogen and oxygen atoms in total. The van der Waals surface area contributed by atoms with E-state index in [1.807, 2.05) is 25.7 Å². The second-order valence-electron chi connectivity index (χ2n) is 8.25. The Morgan fingerprint density at radius 2 is 1.86 bits per heavy atom. The molecule has 1 aliphatic carbocycles. The lowest BCUT2D eigenvalue weighted by molar-refractivity contribution is -0.155. The first-order valence-electron chi connectivity index (χ1n) is 8.31. The van der Waals surface area contributed by atoms with Crippen LogP contribution in [0.2, 0.25) is 0 Å². The van der Waals surface area contributed by atoms with Gasteiger partial charge >= 0.3 is 0 Å². The smallest absolute Gasteiger partial charge is 0.245 e. The average molecular weight is 294 g/mol. The minimum absolute atomic E-state index is 0.0204. The fraction of sp³-hybridized carbons (Fsp3) is 0.882. The molecule has 1 N–H and O–H groups in total. The molecule has 0 spiro atoms. The Morgan fingerprint density at radius 1 is 1.24 bits per heavy atom. The summed E-state index contributed by atoms with van der Waals surface area (Å²) in [5.74, 6) is 1.13. The van der Waals surface area contributed by atoms with Crippen LogP contribution >= 0.6 is 0 Å². The molecule has 2 unspecified atom stereocenters. The van der Waals surface area contributed by atoms with Crippen LogP contribution in [0.3, 0.4) is 0 Å². The Hall–Kier alpha value is -1.06. The molecule has 0 aromatic rings. The maximum Gasteiger partial charge on any atom is 0.245 e. The Balaban J connectivity index is 2.20. The summed E-state index contributed by atoms with van der Waals surface area (Å²) in [5, 5.41) is 2.96. The van der Waals surface area contributed by atoms with Crippen molar-refractivity contribution in [3.8, 4) is 0 Å². The summed E-state index contributed by atoms with van der Waals surface area (Å²) in [6.07, 6.45) is 4.37. The molecule has 1 heterocycles. The number of nitrogens with one attached hydrogen (secondary N) is 1. The van der Waals surface area contributed by atoms with E-state index < -0.39 is 0 Å². The quantitative estimate of drug-likeness (QED) is 0.866. The highest BCUT2D eigenvalue weighted by Crippen LogP contribution is 2.33. The highest BCUT2D eigenvalue weighted by molar-refractivity contribution is 5.97. The number of rotatable bonds is 4. The van der Waals surface area contributed by atoms with E-state index in [0.29, 0.717) is 11.8 Å². The first-order valence-corrected chi connectivity index (χ1v) is 8.31. The predicted molar refractivity (Wildman–Crippen MR) is 83.7 cm³/mol. The third-order valence-corrected chi connectivity index (χ3v) is 4.66. The Labute approximate surface area is 128 Å². The minimum Gasteiger partial charge on any atom is -0.342 e. The lowest BCUT2D eigenvalue weighted by Crippen LogP contribution is -2.67. The molecule has 2 aliphatic rings. The minimum atomic E-state index is -0.339. The van der Waals surface area contributed by atoms with Gasteiger partial charge in [0, 0.05) is 6.54 Å². The van der Waals surface area contributed by atoms with Crippen LogP contribution < -0.4 is 5.32 Å². The number of hydrogen-bond acceptors (Lipinski definition) is 2. The summed E-state index contributed by atoms with van der Waals surface area (Å²) in [7, 11) is 0. The first kappa shape index (κ1) is 16.3. The summed E-state index contributed by atoms with van der Waals surface area (Å²) in [4.78, 5) is 27.3. The van der Waals surface area contributed by atoms with Gasteiger partial charge in [0.15, 0.2) is 0 Å². The third-order valence-electron chi connectivity index (χ3n) is 4.66. The van der Waals surface area contributed by atoms with Crippen molar-refractivity contribution >= 4 is 11.8 Å². The molecule has 1 saturated carbocycles. The monoisotopic (exact) mass is 294 g/mol. The summed E-state index contributed by atoms with van der Waals surface area (Å²) in [6, 6.07) is -0.676. The maximum atomic E-state index is 12.9. The van der Waals surface area contributed by atoms with Crippen LogP contribution in [0, 0.1) is 17.3 Å². The van der Waals surface area contributed by atoms with Crippen molar-refractivity contribution < 1.29 is 9.59 Å². The van der Waals surface area contributed by atoms with Crippen molar-refractivity contribution in [1.82, 2.24) is 10.2 Å². The van der Waals surface area contributed by atoms with Crippen molar-refractivity contribution in [2.24, 2.45) is 17.3 Å². The molecule has 0 aromatic heterocycles. The molecule has 2 fully saturated rings. The largest absolute Gasteiger partial charge is 0.342 e. The van der Waals surface area contributed by atoms with E-state index in [9.17, 15) is 9.59 Å². The molecule has 0 radical (unpaired) electrons. The molecule has 0 aromatic carbocycles. The zero-order chi connectivity index (χ0) is 15.8. The highest BCUT2D eigenvalue weighted by atomic mass is 16.2. The molecule has 1 aliphatic heterocycles. The fourth-order valence-corrected chi connectivity index (χ4v) is 3.42.